The van der Waals surface area contributed by atoms with Crippen molar-refractivity contribution in [2.75, 3.05) is 13.7 Å². The molecule has 1 amide bonds. The SMILES string of the molecule is CON1C[C@@H](c2c(F)cc(C)cc2F)[C@H](CC(=O)Cc2ccc(F)cc2)C1=O. The van der Waals surface area contributed by atoms with E-state index in [0.717, 1.165) is 5.06 Å². The minimum Gasteiger partial charge on any atom is -0.299 e. The van der Waals surface area contributed by atoms with Crippen LogP contribution in [0.5, 0.6) is 0 Å². The lowest BCUT2D eigenvalue weighted by atomic mass is 9.83. The lowest BCUT2D eigenvalue weighted by Crippen LogP contribution is -2.27. The van der Waals surface area contributed by atoms with Crippen LogP contribution in [0.3, 0.4) is 0 Å². The number of hydrogen-bond donors (Lipinski definition) is 0. The zero-order valence-corrected chi connectivity index (χ0v) is 15.5. The lowest BCUT2D eigenvalue weighted by molar-refractivity contribution is -0.170. The number of aryl methyl sites for hydroxylation is 1. The second kappa shape index (κ2) is 8.14. The van der Waals surface area contributed by atoms with E-state index < -0.39 is 35.2 Å². The second-order valence-corrected chi connectivity index (χ2v) is 6.98. The molecule has 0 spiro atoms. The highest BCUT2D eigenvalue weighted by Crippen LogP contribution is 2.39. The van der Waals surface area contributed by atoms with Crippen LogP contribution in [-0.4, -0.2) is 30.4 Å². The number of rotatable bonds is 6. The van der Waals surface area contributed by atoms with Gasteiger partial charge < -0.3 is 0 Å². The predicted molar refractivity (Wildman–Crippen MR) is 95.8 cm³/mol. The van der Waals surface area contributed by atoms with Crippen molar-refractivity contribution in [3.05, 3.63) is 70.5 Å². The van der Waals surface area contributed by atoms with E-state index in [1.54, 1.807) is 6.92 Å². The van der Waals surface area contributed by atoms with Gasteiger partial charge in [0, 0.05) is 24.3 Å². The van der Waals surface area contributed by atoms with Crippen LogP contribution >= 0.6 is 0 Å². The van der Waals surface area contributed by atoms with Crippen molar-refractivity contribution >= 4 is 11.7 Å². The number of carbonyl (C=O) groups excluding carboxylic acids is 2. The van der Waals surface area contributed by atoms with Crippen molar-refractivity contribution in [2.24, 2.45) is 5.92 Å². The van der Waals surface area contributed by atoms with Gasteiger partial charge in [0.15, 0.2) is 0 Å². The first-order valence-electron chi connectivity index (χ1n) is 8.87. The second-order valence-electron chi connectivity index (χ2n) is 6.98. The van der Waals surface area contributed by atoms with Crippen LogP contribution in [0.1, 0.15) is 29.0 Å². The number of nitrogens with zero attached hydrogens (tertiary/aromatic N) is 1. The van der Waals surface area contributed by atoms with E-state index in [-0.39, 0.29) is 30.7 Å². The summed E-state index contributed by atoms with van der Waals surface area (Å²) in [5.74, 6) is -4.44. The van der Waals surface area contributed by atoms with Crippen molar-refractivity contribution in [1.82, 2.24) is 5.06 Å². The Morgan fingerprint density at radius 1 is 1.14 bits per heavy atom. The van der Waals surface area contributed by atoms with Crippen LogP contribution < -0.4 is 0 Å². The van der Waals surface area contributed by atoms with Crippen molar-refractivity contribution in [3.8, 4) is 0 Å². The summed E-state index contributed by atoms with van der Waals surface area (Å²) in [7, 11) is 1.29. The summed E-state index contributed by atoms with van der Waals surface area (Å²) in [4.78, 5) is 30.1. The Morgan fingerprint density at radius 2 is 1.75 bits per heavy atom. The molecule has 1 fully saturated rings. The molecule has 0 saturated carbocycles. The Labute approximate surface area is 160 Å². The largest absolute Gasteiger partial charge is 0.299 e. The number of amides is 1. The number of hydroxylamine groups is 2. The molecular formula is C21H20F3NO3. The minimum atomic E-state index is -0.931. The van der Waals surface area contributed by atoms with Crippen LogP contribution in [-0.2, 0) is 20.8 Å². The molecule has 1 aliphatic heterocycles. The summed E-state index contributed by atoms with van der Waals surface area (Å²) in [6.45, 7) is 1.53. The van der Waals surface area contributed by atoms with Gasteiger partial charge in [-0.05, 0) is 42.3 Å². The molecule has 0 unspecified atom stereocenters. The minimum absolute atomic E-state index is 0.00260. The van der Waals surface area contributed by atoms with Gasteiger partial charge in [0.05, 0.1) is 19.6 Å². The first-order chi connectivity index (χ1) is 13.3. The topological polar surface area (TPSA) is 46.6 Å². The summed E-state index contributed by atoms with van der Waals surface area (Å²) >= 11 is 0. The maximum atomic E-state index is 14.5. The Balaban J connectivity index is 1.85. The maximum Gasteiger partial charge on any atom is 0.250 e. The van der Waals surface area contributed by atoms with E-state index in [0.29, 0.717) is 11.1 Å². The highest BCUT2D eigenvalue weighted by molar-refractivity contribution is 5.89. The lowest BCUT2D eigenvalue weighted by Gasteiger charge is -2.18. The van der Waals surface area contributed by atoms with Gasteiger partial charge in [-0.15, -0.1) is 0 Å². The Kier molecular flexibility index (Phi) is 5.84. The molecule has 0 aromatic heterocycles. The number of halogens is 3. The Hall–Kier alpha value is -2.67. The maximum absolute atomic E-state index is 14.5. The van der Waals surface area contributed by atoms with Crippen LogP contribution in [0.25, 0.3) is 0 Å². The quantitative estimate of drug-likeness (QED) is 0.754. The van der Waals surface area contributed by atoms with E-state index in [4.69, 9.17) is 4.84 Å². The molecule has 0 N–H and O–H groups in total. The van der Waals surface area contributed by atoms with Crippen molar-refractivity contribution in [2.45, 2.75) is 25.7 Å². The summed E-state index contributed by atoms with van der Waals surface area (Å²) in [6.07, 6.45) is -0.184. The molecule has 2 aromatic carbocycles. The van der Waals surface area contributed by atoms with Crippen LogP contribution in [0.15, 0.2) is 36.4 Å². The normalized spacial score (nSPS) is 19.3. The van der Waals surface area contributed by atoms with E-state index in [1.807, 2.05) is 0 Å². The fraction of sp³-hybridized carbons (Fsp3) is 0.333. The molecule has 0 bridgehead atoms. The summed E-state index contributed by atoms with van der Waals surface area (Å²) in [5, 5.41) is 1.03. The molecule has 2 aromatic rings. The predicted octanol–water partition coefficient (Wildman–Crippen LogP) is 3.72. The molecule has 2 atom stereocenters. The molecule has 3 rings (SSSR count). The standard InChI is InChI=1S/C21H20F3NO3/c1-12-7-18(23)20(19(24)8-12)17-11-25(28-2)21(27)16(17)10-15(26)9-13-3-5-14(22)6-4-13/h3-8,16-17H,9-11H2,1-2H3/t16-,17+/m0/s1. The van der Waals surface area contributed by atoms with Crippen LogP contribution in [0, 0.1) is 30.3 Å². The van der Waals surface area contributed by atoms with Gasteiger partial charge in [-0.1, -0.05) is 12.1 Å². The van der Waals surface area contributed by atoms with Crippen LogP contribution in [0.2, 0.25) is 0 Å². The number of ketones is 1. The fourth-order valence-corrected chi connectivity index (χ4v) is 3.65. The third-order valence-corrected chi connectivity index (χ3v) is 4.99. The summed E-state index contributed by atoms with van der Waals surface area (Å²) in [5.41, 5.74) is 0.818. The van der Waals surface area contributed by atoms with Gasteiger partial charge in [-0.25, -0.2) is 18.2 Å². The highest BCUT2D eigenvalue weighted by Gasteiger charge is 2.44. The van der Waals surface area contributed by atoms with Crippen molar-refractivity contribution < 1.29 is 27.6 Å². The molecule has 1 heterocycles. The molecule has 28 heavy (non-hydrogen) atoms. The van der Waals surface area contributed by atoms with Gasteiger partial charge in [-0.2, -0.15) is 0 Å². The smallest absolute Gasteiger partial charge is 0.250 e. The van der Waals surface area contributed by atoms with Gasteiger partial charge in [0.2, 0.25) is 5.91 Å². The highest BCUT2D eigenvalue weighted by atomic mass is 19.1. The fourth-order valence-electron chi connectivity index (χ4n) is 3.65. The average Bonchev–Trinajstić information content (AvgIpc) is 2.92. The molecule has 0 radical (unpaired) electrons. The molecule has 1 saturated heterocycles. The average molecular weight is 391 g/mol. The molecule has 0 aliphatic carbocycles. The van der Waals surface area contributed by atoms with Gasteiger partial charge in [-0.3, -0.25) is 14.4 Å². The monoisotopic (exact) mass is 391 g/mol. The summed E-state index contributed by atoms with van der Waals surface area (Å²) in [6, 6.07) is 7.88. The number of hydrogen-bond acceptors (Lipinski definition) is 3. The van der Waals surface area contributed by atoms with Gasteiger partial charge >= 0.3 is 0 Å². The van der Waals surface area contributed by atoms with E-state index in [1.165, 1.54) is 43.5 Å². The van der Waals surface area contributed by atoms with Crippen molar-refractivity contribution in [3.63, 3.8) is 0 Å². The number of benzene rings is 2. The third-order valence-electron chi connectivity index (χ3n) is 4.99. The Bertz CT molecular complexity index is 875. The zero-order chi connectivity index (χ0) is 20.4. The van der Waals surface area contributed by atoms with E-state index in [2.05, 4.69) is 0 Å². The number of carbonyl (C=O) groups is 2. The molecular weight excluding hydrogens is 371 g/mol. The zero-order valence-electron chi connectivity index (χ0n) is 15.5. The van der Waals surface area contributed by atoms with Crippen molar-refractivity contribution in [1.29, 1.82) is 0 Å². The third kappa shape index (κ3) is 4.09. The van der Waals surface area contributed by atoms with E-state index >= 15 is 0 Å². The summed E-state index contributed by atoms with van der Waals surface area (Å²) < 4.78 is 42.0. The number of Topliss-reactive ketones (excluding diaryl/α,β-unsaturated/α-hetero) is 1. The molecule has 7 heteroatoms. The van der Waals surface area contributed by atoms with Gasteiger partial charge in [0.25, 0.3) is 0 Å². The first-order valence-corrected chi connectivity index (χ1v) is 8.87. The molecule has 1 aliphatic rings. The Morgan fingerprint density at radius 3 is 2.32 bits per heavy atom. The van der Waals surface area contributed by atoms with E-state index in [9.17, 15) is 22.8 Å². The van der Waals surface area contributed by atoms with Crippen LogP contribution in [0.4, 0.5) is 13.2 Å². The molecule has 148 valence electrons. The molecule has 4 nitrogen and oxygen atoms in total. The van der Waals surface area contributed by atoms with Gasteiger partial charge in [0.1, 0.15) is 23.2 Å². The first kappa shape index (κ1) is 20.1.